The standard InChI is InChI=1S/C7H6O3.C2H4O2.K.2Na.3H/c8-6-4-2-1-3-5(6)7(9)10;1-2(3)4;;;;;;/h1-4,8H,(H,9,10);1H3,(H,3,4);;;;;;. The van der Waals surface area contributed by atoms with E-state index < -0.39 is 11.9 Å². The van der Waals surface area contributed by atoms with E-state index in [1.807, 2.05) is 0 Å². The summed E-state index contributed by atoms with van der Waals surface area (Å²) in [5.74, 6) is -2.15. The molecule has 3 N–H and O–H groups in total. The third-order valence-electron chi connectivity index (χ3n) is 1.13. The molecule has 0 aliphatic heterocycles. The van der Waals surface area contributed by atoms with Crippen LogP contribution in [0.15, 0.2) is 24.3 Å². The van der Waals surface area contributed by atoms with Crippen LogP contribution in [0.1, 0.15) is 17.3 Å². The fourth-order valence-electron chi connectivity index (χ4n) is 0.654. The van der Waals surface area contributed by atoms with Crippen LogP contribution in [0.2, 0.25) is 0 Å². The number of aromatic hydroxyl groups is 1. The van der Waals surface area contributed by atoms with Crippen molar-refractivity contribution in [2.24, 2.45) is 0 Å². The van der Waals surface area contributed by atoms with E-state index in [9.17, 15) is 4.79 Å². The Balaban J connectivity index is -0.000000108. The fraction of sp³-hybridized carbons (Fsp3) is 0.111. The summed E-state index contributed by atoms with van der Waals surface area (Å²) in [5, 5.41) is 24.7. The Morgan fingerprint density at radius 2 is 1.41 bits per heavy atom. The van der Waals surface area contributed by atoms with E-state index in [1.54, 1.807) is 12.1 Å². The molecule has 8 heteroatoms. The van der Waals surface area contributed by atoms with Gasteiger partial charge < -0.3 is 15.3 Å². The van der Waals surface area contributed by atoms with E-state index in [0.717, 1.165) is 6.92 Å². The number of aromatic carboxylic acids is 1. The fourth-order valence-corrected chi connectivity index (χ4v) is 0.654. The molecule has 0 spiro atoms. The van der Waals surface area contributed by atoms with Gasteiger partial charge in [-0.05, 0) is 12.1 Å². The average molecular weight is 286 g/mol. The van der Waals surface area contributed by atoms with Crippen molar-refractivity contribution >= 4 is 122 Å². The quantitative estimate of drug-likeness (QED) is 0.590. The second-order valence-corrected chi connectivity index (χ2v) is 2.34. The molecular formula is C9H13KNa2O5. The first kappa shape index (κ1) is 27.0. The number of rotatable bonds is 1. The van der Waals surface area contributed by atoms with Crippen molar-refractivity contribution in [2.75, 3.05) is 0 Å². The SMILES string of the molecule is CC(=O)O.O=C(O)c1ccccc1O.[KH].[NaH].[NaH]. The van der Waals surface area contributed by atoms with Gasteiger partial charge in [0, 0.05) is 6.92 Å². The van der Waals surface area contributed by atoms with Crippen LogP contribution in [-0.4, -0.2) is 138 Å². The zero-order chi connectivity index (χ0) is 11.1. The molecule has 5 nitrogen and oxygen atoms in total. The van der Waals surface area contributed by atoms with Crippen molar-refractivity contribution in [1.82, 2.24) is 0 Å². The maximum atomic E-state index is 10.3. The van der Waals surface area contributed by atoms with E-state index in [2.05, 4.69) is 0 Å². The molecule has 0 aromatic heterocycles. The zero-order valence-corrected chi connectivity index (χ0v) is 7.47. The molecule has 82 valence electrons. The van der Waals surface area contributed by atoms with Gasteiger partial charge in [-0.15, -0.1) is 0 Å². The molecule has 0 aliphatic rings. The molecule has 0 atom stereocenters. The van der Waals surface area contributed by atoms with Gasteiger partial charge in [0.1, 0.15) is 11.3 Å². The summed E-state index contributed by atoms with van der Waals surface area (Å²) in [5.41, 5.74) is -0.0671. The Labute approximate surface area is 186 Å². The normalized spacial score (nSPS) is 6.88. The van der Waals surface area contributed by atoms with Gasteiger partial charge in [-0.1, -0.05) is 12.1 Å². The predicted octanol–water partition coefficient (Wildman–Crippen LogP) is -0.764. The van der Waals surface area contributed by atoms with Crippen LogP contribution >= 0.6 is 0 Å². The van der Waals surface area contributed by atoms with Gasteiger partial charge in [0.25, 0.3) is 5.97 Å². The van der Waals surface area contributed by atoms with Crippen molar-refractivity contribution in [3.05, 3.63) is 29.8 Å². The number of para-hydroxylation sites is 1. The molecule has 0 fully saturated rings. The summed E-state index contributed by atoms with van der Waals surface area (Å²) in [7, 11) is 0. The van der Waals surface area contributed by atoms with Crippen LogP contribution in [0.3, 0.4) is 0 Å². The first-order valence-electron chi connectivity index (χ1n) is 3.66. The van der Waals surface area contributed by atoms with Crippen LogP contribution in [-0.2, 0) is 4.79 Å². The van der Waals surface area contributed by atoms with Crippen LogP contribution < -0.4 is 0 Å². The molecule has 1 rings (SSSR count). The monoisotopic (exact) mass is 286 g/mol. The summed E-state index contributed by atoms with van der Waals surface area (Å²) in [6.07, 6.45) is 0. The maximum absolute atomic E-state index is 10.3. The third kappa shape index (κ3) is 15.5. The molecule has 0 saturated heterocycles. The molecule has 0 amide bonds. The molecule has 0 radical (unpaired) electrons. The van der Waals surface area contributed by atoms with Gasteiger partial charge >= 0.3 is 116 Å². The summed E-state index contributed by atoms with van der Waals surface area (Å²) in [6.45, 7) is 1.08. The van der Waals surface area contributed by atoms with Gasteiger partial charge in [0.2, 0.25) is 0 Å². The van der Waals surface area contributed by atoms with Crippen molar-refractivity contribution < 1.29 is 24.9 Å². The molecular weight excluding hydrogens is 273 g/mol. The number of hydrogen-bond donors (Lipinski definition) is 3. The van der Waals surface area contributed by atoms with E-state index >= 15 is 0 Å². The summed E-state index contributed by atoms with van der Waals surface area (Å²) in [6, 6.07) is 5.81. The number of aliphatic carboxylic acids is 1. The number of carboxylic acid groups (broad SMARTS) is 2. The number of carboxylic acids is 2. The molecule has 0 heterocycles. The Hall–Kier alpha value is 1.60. The molecule has 17 heavy (non-hydrogen) atoms. The molecule has 1 aromatic carbocycles. The zero-order valence-electron chi connectivity index (χ0n) is 7.47. The van der Waals surface area contributed by atoms with E-state index in [1.165, 1.54) is 12.1 Å². The second-order valence-electron chi connectivity index (χ2n) is 2.34. The molecule has 1 aromatic rings. The number of carbonyl (C=O) groups is 2. The van der Waals surface area contributed by atoms with Gasteiger partial charge in [-0.3, -0.25) is 4.79 Å². The predicted molar refractivity (Wildman–Crippen MR) is 69.8 cm³/mol. The summed E-state index contributed by atoms with van der Waals surface area (Å²) in [4.78, 5) is 19.3. The van der Waals surface area contributed by atoms with Gasteiger partial charge in [0.15, 0.2) is 0 Å². The van der Waals surface area contributed by atoms with Crippen molar-refractivity contribution in [3.63, 3.8) is 0 Å². The summed E-state index contributed by atoms with van der Waals surface area (Å²) < 4.78 is 0. The number of phenols is 1. The molecule has 0 aliphatic carbocycles. The van der Waals surface area contributed by atoms with Gasteiger partial charge in [-0.25, -0.2) is 4.79 Å². The van der Waals surface area contributed by atoms with E-state index in [-0.39, 0.29) is 122 Å². The van der Waals surface area contributed by atoms with Gasteiger partial charge in [-0.2, -0.15) is 0 Å². The minimum atomic E-state index is -1.11. The second kappa shape index (κ2) is 15.7. The number of hydrogen-bond acceptors (Lipinski definition) is 3. The minimum absolute atomic E-state index is 0. The molecule has 0 unspecified atom stereocenters. The van der Waals surface area contributed by atoms with Crippen LogP contribution in [0.4, 0.5) is 0 Å². The Bertz CT molecular complexity index is 342. The average Bonchev–Trinajstić information content (AvgIpc) is 2.03. The summed E-state index contributed by atoms with van der Waals surface area (Å²) >= 11 is 0. The van der Waals surface area contributed by atoms with E-state index in [4.69, 9.17) is 20.1 Å². The molecule has 0 bridgehead atoms. The number of benzene rings is 1. The van der Waals surface area contributed by atoms with Crippen molar-refractivity contribution in [1.29, 1.82) is 0 Å². The Kier molecular flexibility index (Phi) is 24.9. The first-order chi connectivity index (χ1) is 6.45. The molecule has 0 saturated carbocycles. The topological polar surface area (TPSA) is 94.8 Å². The van der Waals surface area contributed by atoms with Crippen LogP contribution in [0.5, 0.6) is 5.75 Å². The Morgan fingerprint density at radius 1 is 1.06 bits per heavy atom. The first-order valence-corrected chi connectivity index (χ1v) is 3.66. The van der Waals surface area contributed by atoms with Crippen molar-refractivity contribution in [3.8, 4) is 5.75 Å². The van der Waals surface area contributed by atoms with Crippen LogP contribution in [0.25, 0.3) is 0 Å². The van der Waals surface area contributed by atoms with Crippen LogP contribution in [0, 0.1) is 0 Å². The Morgan fingerprint density at radius 3 is 1.65 bits per heavy atom. The van der Waals surface area contributed by atoms with Gasteiger partial charge in [0.05, 0.1) is 0 Å². The van der Waals surface area contributed by atoms with E-state index in [0.29, 0.717) is 0 Å². The van der Waals surface area contributed by atoms with Crippen molar-refractivity contribution in [2.45, 2.75) is 6.92 Å². The third-order valence-corrected chi connectivity index (χ3v) is 1.13.